The van der Waals surface area contributed by atoms with Crippen molar-refractivity contribution in [3.63, 3.8) is 0 Å². The zero-order chi connectivity index (χ0) is 19.0. The van der Waals surface area contributed by atoms with Gasteiger partial charge in [0.1, 0.15) is 17.7 Å². The van der Waals surface area contributed by atoms with Crippen molar-refractivity contribution < 1.29 is 28.7 Å². The van der Waals surface area contributed by atoms with Crippen molar-refractivity contribution in [2.24, 2.45) is 5.92 Å². The number of benzene rings is 1. The molecule has 0 aromatic heterocycles. The second-order valence-corrected chi connectivity index (χ2v) is 5.80. The Balaban J connectivity index is 2.99. The lowest BCUT2D eigenvalue weighted by Gasteiger charge is -2.22. The lowest BCUT2D eigenvalue weighted by molar-refractivity contribution is -0.153. The average Bonchev–Trinajstić information content (AvgIpc) is 2.57. The molecule has 25 heavy (non-hydrogen) atoms. The predicted molar refractivity (Wildman–Crippen MR) is 89.7 cm³/mol. The quantitative estimate of drug-likeness (QED) is 0.564. The number of ketones is 1. The molecule has 7 nitrogen and oxygen atoms in total. The van der Waals surface area contributed by atoms with E-state index in [4.69, 9.17) is 4.74 Å². The lowest BCUT2D eigenvalue weighted by Crippen LogP contribution is -2.45. The summed E-state index contributed by atoms with van der Waals surface area (Å²) in [5.74, 6) is -3.59. The minimum Gasteiger partial charge on any atom is -0.468 e. The van der Waals surface area contributed by atoms with E-state index in [9.17, 15) is 19.2 Å². The Kier molecular flexibility index (Phi) is 7.78. The van der Waals surface area contributed by atoms with Gasteiger partial charge in [0.25, 0.3) is 5.91 Å². The summed E-state index contributed by atoms with van der Waals surface area (Å²) in [5.41, 5.74) is 0.349. The molecule has 0 fully saturated rings. The number of esters is 2. The molecule has 136 valence electrons. The molecule has 1 aromatic carbocycles. The smallest absolute Gasteiger partial charge is 0.328 e. The fraction of sp³-hybridized carbons (Fsp3) is 0.444. The van der Waals surface area contributed by atoms with Crippen molar-refractivity contribution in [3.05, 3.63) is 35.9 Å². The first-order chi connectivity index (χ1) is 11.8. The van der Waals surface area contributed by atoms with Crippen LogP contribution in [0.1, 0.15) is 37.6 Å². The first-order valence-corrected chi connectivity index (χ1v) is 7.91. The van der Waals surface area contributed by atoms with E-state index in [2.05, 4.69) is 10.1 Å². The molecule has 7 heteroatoms. The van der Waals surface area contributed by atoms with Crippen molar-refractivity contribution in [2.75, 3.05) is 7.11 Å². The molecule has 0 aliphatic rings. The molecule has 0 saturated carbocycles. The Morgan fingerprint density at radius 3 is 2.12 bits per heavy atom. The van der Waals surface area contributed by atoms with Crippen LogP contribution >= 0.6 is 0 Å². The van der Waals surface area contributed by atoms with Gasteiger partial charge < -0.3 is 14.8 Å². The Bertz CT molecular complexity index is 626. The minimum absolute atomic E-state index is 0.230. The molecule has 0 heterocycles. The molecule has 1 rings (SSSR count). The van der Waals surface area contributed by atoms with E-state index in [-0.39, 0.29) is 6.42 Å². The summed E-state index contributed by atoms with van der Waals surface area (Å²) in [6.45, 7) is 4.55. The number of carbonyl (C=O) groups excluding carboxylic acids is 4. The van der Waals surface area contributed by atoms with Gasteiger partial charge in [0, 0.05) is 5.56 Å². The van der Waals surface area contributed by atoms with Gasteiger partial charge in [0.15, 0.2) is 0 Å². The number of carbonyl (C=O) groups is 4. The van der Waals surface area contributed by atoms with Crippen molar-refractivity contribution in [1.29, 1.82) is 0 Å². The number of nitrogens with one attached hydrogen (secondary N) is 1. The maximum Gasteiger partial charge on any atom is 0.328 e. The van der Waals surface area contributed by atoms with E-state index in [1.165, 1.54) is 6.92 Å². The van der Waals surface area contributed by atoms with E-state index in [1.54, 1.807) is 44.2 Å². The number of hydrogen-bond donors (Lipinski definition) is 1. The van der Waals surface area contributed by atoms with E-state index in [0.717, 1.165) is 7.11 Å². The first-order valence-electron chi connectivity index (χ1n) is 7.91. The predicted octanol–water partition coefficient (Wildman–Crippen LogP) is 1.50. The van der Waals surface area contributed by atoms with Gasteiger partial charge in [-0.15, -0.1) is 0 Å². The average molecular weight is 349 g/mol. The molecule has 2 unspecified atom stereocenters. The minimum atomic E-state index is -1.16. The fourth-order valence-corrected chi connectivity index (χ4v) is 2.17. The standard InChI is InChI=1S/C18H23NO6/c1-11(2)25-18(23)15(10-14(12(3)20)17(22)24-4)19-16(21)13-8-6-5-7-9-13/h5-9,11,14-15H,10H2,1-4H3,(H,19,21). The second-order valence-electron chi connectivity index (χ2n) is 5.80. The van der Waals surface area contributed by atoms with E-state index < -0.39 is 41.7 Å². The Morgan fingerprint density at radius 2 is 1.64 bits per heavy atom. The highest BCUT2D eigenvalue weighted by Gasteiger charge is 2.33. The van der Waals surface area contributed by atoms with E-state index in [1.807, 2.05) is 0 Å². The van der Waals surface area contributed by atoms with Crippen molar-refractivity contribution in [2.45, 2.75) is 39.3 Å². The number of ether oxygens (including phenoxy) is 2. The van der Waals surface area contributed by atoms with Crippen LogP contribution in [0.3, 0.4) is 0 Å². The van der Waals surface area contributed by atoms with Crippen LogP contribution in [-0.4, -0.2) is 42.9 Å². The highest BCUT2D eigenvalue weighted by atomic mass is 16.5. The van der Waals surface area contributed by atoms with Crippen LogP contribution in [-0.2, 0) is 23.9 Å². The van der Waals surface area contributed by atoms with Gasteiger partial charge in [-0.3, -0.25) is 14.4 Å². The fourth-order valence-electron chi connectivity index (χ4n) is 2.17. The number of rotatable bonds is 8. The molecule has 1 amide bonds. The maximum absolute atomic E-state index is 12.3. The molecule has 2 atom stereocenters. The molecule has 0 bridgehead atoms. The van der Waals surface area contributed by atoms with Crippen LogP contribution in [0.15, 0.2) is 30.3 Å². The van der Waals surface area contributed by atoms with Crippen LogP contribution in [0.5, 0.6) is 0 Å². The normalized spacial score (nSPS) is 12.8. The summed E-state index contributed by atoms with van der Waals surface area (Å²) in [7, 11) is 1.16. The third-order valence-corrected chi connectivity index (χ3v) is 3.43. The highest BCUT2D eigenvalue weighted by Crippen LogP contribution is 2.13. The van der Waals surface area contributed by atoms with Crippen molar-refractivity contribution in [3.8, 4) is 0 Å². The van der Waals surface area contributed by atoms with Crippen LogP contribution in [0, 0.1) is 5.92 Å². The van der Waals surface area contributed by atoms with Crippen LogP contribution in [0.2, 0.25) is 0 Å². The number of methoxy groups -OCH3 is 1. The largest absolute Gasteiger partial charge is 0.468 e. The van der Waals surface area contributed by atoms with Crippen LogP contribution in [0.25, 0.3) is 0 Å². The molecule has 0 aliphatic heterocycles. The maximum atomic E-state index is 12.3. The third kappa shape index (κ3) is 6.37. The molecule has 0 radical (unpaired) electrons. The zero-order valence-electron chi connectivity index (χ0n) is 14.8. The van der Waals surface area contributed by atoms with Gasteiger partial charge in [0.2, 0.25) is 0 Å². The molecule has 0 spiro atoms. The van der Waals surface area contributed by atoms with Gasteiger partial charge in [-0.1, -0.05) is 18.2 Å². The van der Waals surface area contributed by atoms with Gasteiger partial charge in [0.05, 0.1) is 13.2 Å². The molecule has 1 aromatic rings. The third-order valence-electron chi connectivity index (χ3n) is 3.43. The second kappa shape index (κ2) is 9.56. The Hall–Kier alpha value is -2.70. The lowest BCUT2D eigenvalue weighted by atomic mass is 9.96. The summed E-state index contributed by atoms with van der Waals surface area (Å²) in [6.07, 6.45) is -0.635. The number of amides is 1. The summed E-state index contributed by atoms with van der Waals surface area (Å²) in [5, 5.41) is 2.53. The van der Waals surface area contributed by atoms with Gasteiger partial charge >= 0.3 is 11.9 Å². The zero-order valence-corrected chi connectivity index (χ0v) is 14.8. The molecular formula is C18H23NO6. The van der Waals surface area contributed by atoms with Gasteiger partial charge in [-0.05, 0) is 39.3 Å². The first kappa shape index (κ1) is 20.3. The molecular weight excluding hydrogens is 326 g/mol. The monoisotopic (exact) mass is 349 g/mol. The summed E-state index contributed by atoms with van der Waals surface area (Å²) in [6, 6.07) is 7.14. The van der Waals surface area contributed by atoms with Crippen molar-refractivity contribution in [1.82, 2.24) is 5.32 Å². The number of hydrogen-bond acceptors (Lipinski definition) is 6. The van der Waals surface area contributed by atoms with Gasteiger partial charge in [-0.25, -0.2) is 4.79 Å². The number of Topliss-reactive ketones (excluding diaryl/α,β-unsaturated/α-hetero) is 1. The summed E-state index contributed by atoms with van der Waals surface area (Å²) >= 11 is 0. The molecule has 1 N–H and O–H groups in total. The Morgan fingerprint density at radius 1 is 1.04 bits per heavy atom. The molecule has 0 saturated heterocycles. The Labute approximate surface area is 146 Å². The van der Waals surface area contributed by atoms with E-state index >= 15 is 0 Å². The molecule has 0 aliphatic carbocycles. The SMILES string of the molecule is COC(=O)C(CC(NC(=O)c1ccccc1)C(=O)OC(C)C)C(C)=O. The summed E-state index contributed by atoms with van der Waals surface area (Å²) < 4.78 is 9.73. The van der Waals surface area contributed by atoms with Gasteiger partial charge in [-0.2, -0.15) is 0 Å². The van der Waals surface area contributed by atoms with Crippen molar-refractivity contribution >= 4 is 23.6 Å². The topological polar surface area (TPSA) is 98.8 Å². The van der Waals surface area contributed by atoms with Crippen LogP contribution in [0.4, 0.5) is 0 Å². The van der Waals surface area contributed by atoms with E-state index in [0.29, 0.717) is 5.56 Å². The van der Waals surface area contributed by atoms with Crippen LogP contribution < -0.4 is 5.32 Å². The highest BCUT2D eigenvalue weighted by molar-refractivity contribution is 6.00. The summed E-state index contributed by atoms with van der Waals surface area (Å²) in [4.78, 5) is 48.1.